The predicted molar refractivity (Wildman–Crippen MR) is 129 cm³/mol. The lowest BCUT2D eigenvalue weighted by atomic mass is 9.91. The average molecular weight is 489 g/mol. The zero-order valence-corrected chi connectivity index (χ0v) is 19.9. The number of amides is 4. The zero-order chi connectivity index (χ0) is 24.9. The molecule has 4 amide bonds. The lowest BCUT2D eigenvalue weighted by Crippen LogP contribution is -2.54. The number of carbonyl (C=O) groups excluding carboxylic acids is 4. The number of rotatable bonds is 3. The summed E-state index contributed by atoms with van der Waals surface area (Å²) in [6.45, 7) is 3.59. The van der Waals surface area contributed by atoms with Gasteiger partial charge in [0.2, 0.25) is 11.8 Å². The van der Waals surface area contributed by atoms with Crippen molar-refractivity contribution in [3.05, 3.63) is 64.7 Å². The number of imide groups is 2. The number of para-hydroxylation sites is 1. The van der Waals surface area contributed by atoms with Crippen molar-refractivity contribution in [2.75, 3.05) is 19.6 Å². The molecule has 4 heterocycles. The van der Waals surface area contributed by atoms with Gasteiger partial charge in [0.25, 0.3) is 11.8 Å². The Kier molecular flexibility index (Phi) is 5.61. The Bertz CT molecular complexity index is 1270. The minimum Gasteiger partial charge on any atom is -0.486 e. The molecule has 4 aliphatic heterocycles. The van der Waals surface area contributed by atoms with Crippen LogP contribution in [0.4, 0.5) is 0 Å². The van der Waals surface area contributed by atoms with E-state index in [0.717, 1.165) is 47.7 Å². The second kappa shape index (κ2) is 8.83. The zero-order valence-electron chi connectivity index (χ0n) is 19.9. The molecule has 186 valence electrons. The van der Waals surface area contributed by atoms with E-state index < -0.39 is 23.8 Å². The lowest BCUT2D eigenvalue weighted by molar-refractivity contribution is -0.136. The van der Waals surface area contributed by atoms with E-state index in [1.807, 2.05) is 24.3 Å². The molecule has 0 aliphatic carbocycles. The van der Waals surface area contributed by atoms with Crippen LogP contribution in [0.2, 0.25) is 0 Å². The minimum atomic E-state index is -0.973. The Balaban J connectivity index is 1.31. The molecule has 2 aromatic rings. The number of ether oxygens (including phenoxy) is 1. The highest BCUT2D eigenvalue weighted by atomic mass is 16.5. The molecule has 0 saturated carbocycles. The fraction of sp³-hybridized carbons (Fsp3) is 0.407. The standard InChI is InChI=1S/C27H28N4O5/c32-22-9-8-20(24(33)29-22)31-25(34)19-6-3-5-18(23(19)26(31)35)15-30-14-17-4-1-2-7-21(17)36-27(16-30)10-12-28-13-11-27/h1-7,20,28H,8-16H2,(H,29,32,33). The van der Waals surface area contributed by atoms with Gasteiger partial charge in [0.1, 0.15) is 17.4 Å². The molecule has 9 heteroatoms. The maximum absolute atomic E-state index is 13.5. The normalized spacial score (nSPS) is 23.7. The fourth-order valence-electron chi connectivity index (χ4n) is 5.92. The first-order valence-electron chi connectivity index (χ1n) is 12.5. The van der Waals surface area contributed by atoms with Gasteiger partial charge in [0.15, 0.2) is 0 Å². The van der Waals surface area contributed by atoms with E-state index >= 15 is 0 Å². The summed E-state index contributed by atoms with van der Waals surface area (Å²) in [4.78, 5) is 54.2. The summed E-state index contributed by atoms with van der Waals surface area (Å²) >= 11 is 0. The molecule has 36 heavy (non-hydrogen) atoms. The monoisotopic (exact) mass is 488 g/mol. The van der Waals surface area contributed by atoms with E-state index in [4.69, 9.17) is 4.74 Å². The van der Waals surface area contributed by atoms with Crippen molar-refractivity contribution in [2.45, 2.75) is 50.4 Å². The van der Waals surface area contributed by atoms with Crippen molar-refractivity contribution in [1.29, 1.82) is 0 Å². The topological polar surface area (TPSA) is 108 Å². The molecule has 0 aromatic heterocycles. The average Bonchev–Trinajstić information content (AvgIpc) is 3.02. The van der Waals surface area contributed by atoms with Gasteiger partial charge in [-0.1, -0.05) is 30.3 Å². The lowest BCUT2D eigenvalue weighted by Gasteiger charge is -2.39. The molecule has 1 atom stereocenters. The molecule has 2 N–H and O–H groups in total. The molecule has 2 fully saturated rings. The number of nitrogens with zero attached hydrogens (tertiary/aromatic N) is 2. The smallest absolute Gasteiger partial charge is 0.262 e. The van der Waals surface area contributed by atoms with Gasteiger partial charge in [0, 0.05) is 44.5 Å². The maximum Gasteiger partial charge on any atom is 0.262 e. The quantitative estimate of drug-likeness (QED) is 0.632. The van der Waals surface area contributed by atoms with Crippen LogP contribution in [-0.4, -0.2) is 64.7 Å². The van der Waals surface area contributed by atoms with Gasteiger partial charge in [-0.25, -0.2) is 0 Å². The third kappa shape index (κ3) is 3.88. The highest BCUT2D eigenvalue weighted by Gasteiger charge is 2.46. The first-order valence-corrected chi connectivity index (χ1v) is 12.5. The summed E-state index contributed by atoms with van der Waals surface area (Å²) in [5.41, 5.74) is 2.18. The van der Waals surface area contributed by atoms with Gasteiger partial charge in [-0.05, 0) is 37.2 Å². The molecule has 1 unspecified atom stereocenters. The third-order valence-electron chi connectivity index (χ3n) is 7.67. The summed E-state index contributed by atoms with van der Waals surface area (Å²) in [6, 6.07) is 12.4. The summed E-state index contributed by atoms with van der Waals surface area (Å²) < 4.78 is 6.62. The van der Waals surface area contributed by atoms with Crippen LogP contribution in [0.3, 0.4) is 0 Å². The van der Waals surface area contributed by atoms with Crippen LogP contribution in [0.15, 0.2) is 42.5 Å². The fourth-order valence-corrected chi connectivity index (χ4v) is 5.92. The Morgan fingerprint density at radius 3 is 2.58 bits per heavy atom. The molecule has 0 radical (unpaired) electrons. The van der Waals surface area contributed by atoms with Crippen LogP contribution in [0, 0.1) is 0 Å². The first kappa shape index (κ1) is 22.9. The molecule has 4 aliphatic rings. The largest absolute Gasteiger partial charge is 0.486 e. The highest BCUT2D eigenvalue weighted by molar-refractivity contribution is 6.24. The van der Waals surface area contributed by atoms with Crippen LogP contribution in [0.5, 0.6) is 5.75 Å². The van der Waals surface area contributed by atoms with Crippen LogP contribution in [0.1, 0.15) is 57.5 Å². The Morgan fingerprint density at radius 2 is 1.78 bits per heavy atom. The van der Waals surface area contributed by atoms with Crippen molar-refractivity contribution in [3.8, 4) is 5.75 Å². The maximum atomic E-state index is 13.5. The van der Waals surface area contributed by atoms with Crippen LogP contribution in [0.25, 0.3) is 0 Å². The number of fused-ring (bicyclic) bond motifs is 2. The Labute approximate surface area is 208 Å². The number of hydrogen-bond acceptors (Lipinski definition) is 7. The van der Waals surface area contributed by atoms with Crippen LogP contribution in [-0.2, 0) is 22.7 Å². The molecule has 6 rings (SSSR count). The van der Waals surface area contributed by atoms with E-state index in [0.29, 0.717) is 30.8 Å². The second-order valence-electron chi connectivity index (χ2n) is 10.1. The minimum absolute atomic E-state index is 0.0980. The van der Waals surface area contributed by atoms with Crippen molar-refractivity contribution in [1.82, 2.24) is 20.4 Å². The van der Waals surface area contributed by atoms with Crippen molar-refractivity contribution in [3.63, 3.8) is 0 Å². The van der Waals surface area contributed by atoms with Crippen molar-refractivity contribution < 1.29 is 23.9 Å². The van der Waals surface area contributed by atoms with E-state index in [9.17, 15) is 19.2 Å². The summed E-state index contributed by atoms with van der Waals surface area (Å²) in [5.74, 6) is -1.04. The van der Waals surface area contributed by atoms with Gasteiger partial charge in [-0.3, -0.25) is 34.3 Å². The third-order valence-corrected chi connectivity index (χ3v) is 7.67. The van der Waals surface area contributed by atoms with Gasteiger partial charge in [0.05, 0.1) is 11.1 Å². The Hall–Kier alpha value is -3.56. The Morgan fingerprint density at radius 1 is 0.972 bits per heavy atom. The number of carbonyl (C=O) groups is 4. The van der Waals surface area contributed by atoms with Gasteiger partial charge in [-0.2, -0.15) is 0 Å². The summed E-state index contributed by atoms with van der Waals surface area (Å²) in [5, 5.41) is 5.66. The molecule has 1 spiro atoms. The van der Waals surface area contributed by atoms with E-state index in [-0.39, 0.29) is 24.3 Å². The molecule has 0 bridgehead atoms. The summed E-state index contributed by atoms with van der Waals surface area (Å²) in [6.07, 6.45) is 2.00. The first-order chi connectivity index (χ1) is 17.4. The number of hydrogen-bond donors (Lipinski definition) is 2. The van der Waals surface area contributed by atoms with Gasteiger partial charge < -0.3 is 10.1 Å². The molecule has 2 saturated heterocycles. The van der Waals surface area contributed by atoms with E-state index in [2.05, 4.69) is 21.6 Å². The second-order valence-corrected chi connectivity index (χ2v) is 10.1. The van der Waals surface area contributed by atoms with Crippen molar-refractivity contribution in [2.24, 2.45) is 0 Å². The number of piperidine rings is 2. The summed E-state index contributed by atoms with van der Waals surface area (Å²) in [7, 11) is 0. The molecule has 2 aromatic carbocycles. The highest BCUT2D eigenvalue weighted by Crippen LogP contribution is 2.36. The SMILES string of the molecule is O=C1CCC(N2C(=O)c3cccc(CN4Cc5ccccc5OC5(CCNCC5)C4)c3C2=O)C(=O)N1. The van der Waals surface area contributed by atoms with Gasteiger partial charge >= 0.3 is 0 Å². The van der Waals surface area contributed by atoms with E-state index in [1.165, 1.54) is 0 Å². The van der Waals surface area contributed by atoms with Crippen LogP contribution >= 0.6 is 0 Å². The van der Waals surface area contributed by atoms with E-state index in [1.54, 1.807) is 12.1 Å². The van der Waals surface area contributed by atoms with Gasteiger partial charge in [-0.15, -0.1) is 0 Å². The molecule has 9 nitrogen and oxygen atoms in total. The molecular formula is C27H28N4O5. The van der Waals surface area contributed by atoms with Crippen molar-refractivity contribution >= 4 is 23.6 Å². The van der Waals surface area contributed by atoms with Crippen LogP contribution < -0.4 is 15.4 Å². The number of nitrogens with one attached hydrogen (secondary N) is 2. The molecular weight excluding hydrogens is 460 g/mol. The number of benzene rings is 2. The predicted octanol–water partition coefficient (Wildman–Crippen LogP) is 1.60.